The number of carbonyl (C=O) groups is 1. The Hall–Kier alpha value is -1.65. The number of allylic oxidation sites excluding steroid dienone is 7. The maximum absolute atomic E-state index is 10.3. The van der Waals surface area contributed by atoms with Crippen molar-refractivity contribution in [1.82, 2.24) is 0 Å². The van der Waals surface area contributed by atoms with Crippen LogP contribution < -0.4 is 0 Å². The molecule has 0 fully saturated rings. The Labute approximate surface area is 145 Å². The quantitative estimate of drug-likeness (QED) is 0.329. The van der Waals surface area contributed by atoms with Gasteiger partial charge in [0.2, 0.25) is 0 Å². The Balaban J connectivity index is 3.57. The first-order valence-corrected chi connectivity index (χ1v) is 8.75. The van der Waals surface area contributed by atoms with Gasteiger partial charge in [0.05, 0.1) is 12.2 Å². The number of unbranched alkanes of at least 4 members (excludes halogenated alkanes) is 1. The molecule has 0 aromatic carbocycles. The molecule has 0 aromatic heterocycles. The number of aliphatic carboxylic acids is 1. The van der Waals surface area contributed by atoms with Gasteiger partial charge in [-0.15, -0.1) is 0 Å². The Morgan fingerprint density at radius 3 is 1.83 bits per heavy atom. The highest BCUT2D eigenvalue weighted by atomic mass is 16.4. The third kappa shape index (κ3) is 15.3. The van der Waals surface area contributed by atoms with Crippen LogP contribution in [0.4, 0.5) is 0 Å². The number of rotatable bonds is 14. The van der Waals surface area contributed by atoms with Crippen LogP contribution in [-0.2, 0) is 4.79 Å². The van der Waals surface area contributed by atoms with Gasteiger partial charge >= 0.3 is 5.97 Å². The molecule has 4 nitrogen and oxygen atoms in total. The van der Waals surface area contributed by atoms with E-state index in [-0.39, 0.29) is 6.42 Å². The van der Waals surface area contributed by atoms with Crippen molar-refractivity contribution in [1.29, 1.82) is 0 Å². The van der Waals surface area contributed by atoms with E-state index >= 15 is 0 Å². The van der Waals surface area contributed by atoms with Crippen molar-refractivity contribution < 1.29 is 20.1 Å². The molecule has 2 atom stereocenters. The van der Waals surface area contributed by atoms with E-state index in [4.69, 9.17) is 5.11 Å². The fourth-order valence-electron chi connectivity index (χ4n) is 1.97. The summed E-state index contributed by atoms with van der Waals surface area (Å²) in [6, 6.07) is 0. The van der Waals surface area contributed by atoms with Crippen LogP contribution in [0, 0.1) is 0 Å². The monoisotopic (exact) mass is 336 g/mol. The third-order valence-electron chi connectivity index (χ3n) is 3.48. The Kier molecular flexibility index (Phi) is 15.1. The van der Waals surface area contributed by atoms with Crippen LogP contribution in [0.3, 0.4) is 0 Å². The Bertz CT molecular complexity index is 421. The van der Waals surface area contributed by atoms with Crippen LogP contribution >= 0.6 is 0 Å². The van der Waals surface area contributed by atoms with Crippen LogP contribution in [0.2, 0.25) is 0 Å². The van der Waals surface area contributed by atoms with E-state index in [1.807, 2.05) is 25.2 Å². The SMILES string of the molecule is CC[C@@H](O)[C@@H](O)C/C=C\C/C=C\C/C=C\C/C=C\CCCC(=O)O. The lowest BCUT2D eigenvalue weighted by Crippen LogP contribution is -2.23. The molecule has 0 bridgehead atoms. The fraction of sp³-hybridized carbons (Fsp3) is 0.550. The summed E-state index contributed by atoms with van der Waals surface area (Å²) in [6.07, 6.45) is 20.4. The van der Waals surface area contributed by atoms with E-state index in [1.54, 1.807) is 0 Å². The minimum absolute atomic E-state index is 0.234. The number of carboxylic acids is 1. The molecule has 0 aliphatic carbocycles. The first-order valence-electron chi connectivity index (χ1n) is 8.75. The van der Waals surface area contributed by atoms with E-state index in [9.17, 15) is 15.0 Å². The molecule has 0 radical (unpaired) electrons. The molecule has 0 saturated heterocycles. The summed E-state index contributed by atoms with van der Waals surface area (Å²) in [5.74, 6) is -0.736. The molecule has 0 heterocycles. The highest BCUT2D eigenvalue weighted by Crippen LogP contribution is 2.04. The van der Waals surface area contributed by atoms with Crippen LogP contribution in [0.25, 0.3) is 0 Å². The van der Waals surface area contributed by atoms with E-state index < -0.39 is 18.2 Å². The zero-order valence-corrected chi connectivity index (χ0v) is 14.7. The number of hydrogen-bond acceptors (Lipinski definition) is 3. The largest absolute Gasteiger partial charge is 0.481 e. The minimum atomic E-state index is -0.736. The van der Waals surface area contributed by atoms with Gasteiger partial charge in [-0.2, -0.15) is 0 Å². The van der Waals surface area contributed by atoms with Gasteiger partial charge in [-0.25, -0.2) is 0 Å². The summed E-state index contributed by atoms with van der Waals surface area (Å²) >= 11 is 0. The smallest absolute Gasteiger partial charge is 0.303 e. The van der Waals surface area contributed by atoms with Gasteiger partial charge in [0.15, 0.2) is 0 Å². The maximum Gasteiger partial charge on any atom is 0.303 e. The first-order chi connectivity index (χ1) is 11.6. The second kappa shape index (κ2) is 16.2. The van der Waals surface area contributed by atoms with Crippen molar-refractivity contribution in [3.8, 4) is 0 Å². The van der Waals surface area contributed by atoms with Crippen LogP contribution in [-0.4, -0.2) is 33.5 Å². The van der Waals surface area contributed by atoms with Crippen molar-refractivity contribution >= 4 is 5.97 Å². The molecular weight excluding hydrogens is 304 g/mol. The minimum Gasteiger partial charge on any atom is -0.481 e. The lowest BCUT2D eigenvalue weighted by Gasteiger charge is -2.13. The van der Waals surface area contributed by atoms with Crippen molar-refractivity contribution in [3.63, 3.8) is 0 Å². The van der Waals surface area contributed by atoms with E-state index in [2.05, 4.69) is 30.4 Å². The lowest BCUT2D eigenvalue weighted by atomic mass is 10.1. The van der Waals surface area contributed by atoms with Gasteiger partial charge in [0, 0.05) is 6.42 Å². The van der Waals surface area contributed by atoms with Crippen LogP contribution in [0.1, 0.15) is 58.3 Å². The zero-order chi connectivity index (χ0) is 18.0. The standard InChI is InChI=1S/C20H32O4/c1-2-18(21)19(22)16-14-12-10-8-6-4-3-5-7-9-11-13-15-17-20(23)24/h3,5-6,8-9,11-12,14,18-19,21-22H,2,4,7,10,13,15-17H2,1H3,(H,23,24)/b5-3-,8-6-,11-9-,14-12-/t18-,19+/m1/s1. The van der Waals surface area contributed by atoms with Gasteiger partial charge in [-0.3, -0.25) is 4.79 Å². The molecule has 136 valence electrons. The molecule has 0 spiro atoms. The summed E-state index contributed by atoms with van der Waals surface area (Å²) in [7, 11) is 0. The predicted octanol–water partition coefficient (Wildman–Crippen LogP) is 4.16. The Morgan fingerprint density at radius 1 is 0.833 bits per heavy atom. The molecule has 24 heavy (non-hydrogen) atoms. The summed E-state index contributed by atoms with van der Waals surface area (Å²) in [4.78, 5) is 10.3. The molecule has 0 aliphatic heterocycles. The van der Waals surface area contributed by atoms with E-state index in [1.165, 1.54) is 0 Å². The molecule has 0 rings (SSSR count). The third-order valence-corrected chi connectivity index (χ3v) is 3.48. The zero-order valence-electron chi connectivity index (χ0n) is 14.7. The van der Waals surface area contributed by atoms with Crippen molar-refractivity contribution in [2.45, 2.75) is 70.5 Å². The average Bonchev–Trinajstić information content (AvgIpc) is 2.57. The lowest BCUT2D eigenvalue weighted by molar-refractivity contribution is -0.137. The second-order valence-corrected chi connectivity index (χ2v) is 5.66. The number of hydrogen-bond donors (Lipinski definition) is 3. The summed E-state index contributed by atoms with van der Waals surface area (Å²) in [6.45, 7) is 1.85. The predicted molar refractivity (Wildman–Crippen MR) is 98.8 cm³/mol. The fourth-order valence-corrected chi connectivity index (χ4v) is 1.97. The molecule has 0 unspecified atom stereocenters. The Morgan fingerprint density at radius 2 is 1.33 bits per heavy atom. The van der Waals surface area contributed by atoms with Crippen molar-refractivity contribution in [3.05, 3.63) is 48.6 Å². The van der Waals surface area contributed by atoms with E-state index in [0.29, 0.717) is 19.3 Å². The van der Waals surface area contributed by atoms with Gasteiger partial charge in [-0.1, -0.05) is 55.5 Å². The topological polar surface area (TPSA) is 77.8 Å². The van der Waals surface area contributed by atoms with Gasteiger partial charge in [0.25, 0.3) is 0 Å². The molecule has 3 N–H and O–H groups in total. The summed E-state index contributed by atoms with van der Waals surface area (Å²) in [5, 5.41) is 27.5. The van der Waals surface area contributed by atoms with Gasteiger partial charge in [0.1, 0.15) is 0 Å². The normalized spacial score (nSPS) is 15.1. The van der Waals surface area contributed by atoms with Crippen LogP contribution in [0.5, 0.6) is 0 Å². The maximum atomic E-state index is 10.3. The highest BCUT2D eigenvalue weighted by molar-refractivity contribution is 5.66. The second-order valence-electron chi connectivity index (χ2n) is 5.66. The number of aliphatic hydroxyl groups excluding tert-OH is 2. The molecule has 0 aliphatic rings. The molecular formula is C20H32O4. The number of carboxylic acid groups (broad SMARTS) is 1. The summed E-state index contributed by atoms with van der Waals surface area (Å²) < 4.78 is 0. The average molecular weight is 336 g/mol. The highest BCUT2D eigenvalue weighted by Gasteiger charge is 2.11. The van der Waals surface area contributed by atoms with Gasteiger partial charge in [-0.05, 0) is 44.9 Å². The van der Waals surface area contributed by atoms with Crippen molar-refractivity contribution in [2.24, 2.45) is 0 Å². The summed E-state index contributed by atoms with van der Waals surface area (Å²) in [5.41, 5.74) is 0. The molecule has 4 heteroatoms. The molecule has 0 aromatic rings. The van der Waals surface area contributed by atoms with E-state index in [0.717, 1.165) is 25.7 Å². The number of aliphatic hydroxyl groups is 2. The molecule has 0 saturated carbocycles. The molecule has 0 amide bonds. The van der Waals surface area contributed by atoms with Crippen molar-refractivity contribution in [2.75, 3.05) is 0 Å². The first kappa shape index (κ1) is 22.4. The van der Waals surface area contributed by atoms with Crippen LogP contribution in [0.15, 0.2) is 48.6 Å². The van der Waals surface area contributed by atoms with Gasteiger partial charge < -0.3 is 15.3 Å².